The van der Waals surface area contributed by atoms with Crippen molar-refractivity contribution in [3.8, 4) is 11.5 Å². The number of aryl methyl sites for hydroxylation is 1. The van der Waals surface area contributed by atoms with Crippen LogP contribution in [-0.2, 0) is 11.3 Å². The lowest BCUT2D eigenvalue weighted by atomic mass is 9.93. The van der Waals surface area contributed by atoms with Crippen LogP contribution in [0.1, 0.15) is 44.2 Å². The minimum atomic E-state index is -0.933. The van der Waals surface area contributed by atoms with Crippen LogP contribution in [0.15, 0.2) is 42.5 Å². The van der Waals surface area contributed by atoms with Crippen LogP contribution in [0.5, 0.6) is 11.5 Å². The van der Waals surface area contributed by atoms with E-state index >= 15 is 0 Å². The maximum Gasteiger partial charge on any atom is 0.325 e. The Kier molecular flexibility index (Phi) is 8.31. The summed E-state index contributed by atoms with van der Waals surface area (Å²) in [7, 11) is 0. The van der Waals surface area contributed by atoms with Crippen LogP contribution in [0.2, 0.25) is 5.02 Å². The van der Waals surface area contributed by atoms with Gasteiger partial charge in [-0.05, 0) is 82.0 Å². The molecule has 2 aliphatic heterocycles. The van der Waals surface area contributed by atoms with Gasteiger partial charge in [-0.2, -0.15) is 0 Å². The minimum absolute atomic E-state index is 0.196. The maximum absolute atomic E-state index is 12.2. The van der Waals surface area contributed by atoms with Gasteiger partial charge >= 0.3 is 6.03 Å². The number of nitrogens with zero attached hydrogens (tertiary/aromatic N) is 2. The Hall–Kier alpha value is -2.81. The first-order chi connectivity index (χ1) is 17.5. The molecule has 2 aromatic rings. The highest BCUT2D eigenvalue weighted by Crippen LogP contribution is 2.29. The molecule has 8 nitrogen and oxygen atoms in total. The number of β-amino-alcohol motifs (C(OH)–C–C–N with tert-alkyl or cyclic N) is 1. The third kappa shape index (κ3) is 6.94. The molecule has 0 spiro atoms. The van der Waals surface area contributed by atoms with Gasteiger partial charge in [0.25, 0.3) is 5.91 Å². The number of amides is 3. The van der Waals surface area contributed by atoms with E-state index in [1.54, 1.807) is 13.8 Å². The average Bonchev–Trinajstić information content (AvgIpc) is 3.04. The second-order valence-electron chi connectivity index (χ2n) is 10.6. The lowest BCUT2D eigenvalue weighted by molar-refractivity contribution is -0.130. The maximum atomic E-state index is 12.2. The smallest absolute Gasteiger partial charge is 0.325 e. The van der Waals surface area contributed by atoms with Gasteiger partial charge in [-0.25, -0.2) is 4.79 Å². The van der Waals surface area contributed by atoms with Crippen molar-refractivity contribution in [1.29, 1.82) is 0 Å². The third-order valence-corrected chi connectivity index (χ3v) is 7.10. The first-order valence-corrected chi connectivity index (χ1v) is 13.1. The average molecular weight is 530 g/mol. The molecule has 1 unspecified atom stereocenters. The molecular weight excluding hydrogens is 494 g/mol. The molecule has 2 saturated heterocycles. The molecule has 0 bridgehead atoms. The Morgan fingerprint density at radius 1 is 1.11 bits per heavy atom. The van der Waals surface area contributed by atoms with E-state index in [4.69, 9.17) is 21.1 Å². The molecular formula is C28H36ClN3O5. The summed E-state index contributed by atoms with van der Waals surface area (Å²) >= 11 is 6.24. The fraction of sp³-hybridized carbons (Fsp3) is 0.500. The zero-order valence-corrected chi connectivity index (χ0v) is 22.5. The Morgan fingerprint density at radius 3 is 2.57 bits per heavy atom. The van der Waals surface area contributed by atoms with Gasteiger partial charge in [-0.1, -0.05) is 29.8 Å². The second-order valence-corrected chi connectivity index (χ2v) is 11.0. The third-order valence-electron chi connectivity index (χ3n) is 6.79. The summed E-state index contributed by atoms with van der Waals surface area (Å²) < 4.78 is 11.7. The molecule has 2 aromatic carbocycles. The van der Waals surface area contributed by atoms with Crippen molar-refractivity contribution >= 4 is 23.5 Å². The van der Waals surface area contributed by atoms with Crippen molar-refractivity contribution in [3.63, 3.8) is 0 Å². The number of rotatable bonds is 10. The highest BCUT2D eigenvalue weighted by molar-refractivity contribution is 6.32. The molecule has 9 heteroatoms. The normalized spacial score (nSPS) is 21.7. The summed E-state index contributed by atoms with van der Waals surface area (Å²) in [6, 6.07) is 13.2. The van der Waals surface area contributed by atoms with Crippen molar-refractivity contribution in [1.82, 2.24) is 15.1 Å². The summed E-state index contributed by atoms with van der Waals surface area (Å²) in [5, 5.41) is 14.4. The summed E-state index contributed by atoms with van der Waals surface area (Å²) in [5.74, 6) is 1.12. The Labute approximate surface area is 223 Å². The molecule has 3 amide bonds. The zero-order valence-electron chi connectivity index (χ0n) is 21.8. The number of hydrogen-bond donors (Lipinski definition) is 2. The minimum Gasteiger partial charge on any atom is -0.494 e. The molecule has 0 aliphatic carbocycles. The van der Waals surface area contributed by atoms with Gasteiger partial charge in [-0.3, -0.25) is 14.6 Å². The van der Waals surface area contributed by atoms with Crippen LogP contribution in [0.4, 0.5) is 4.79 Å². The summed E-state index contributed by atoms with van der Waals surface area (Å²) in [5.41, 5.74) is 0.402. The van der Waals surface area contributed by atoms with E-state index < -0.39 is 11.1 Å². The fourth-order valence-electron chi connectivity index (χ4n) is 4.78. The van der Waals surface area contributed by atoms with Crippen molar-refractivity contribution in [2.75, 3.05) is 32.8 Å². The van der Waals surface area contributed by atoms with Crippen molar-refractivity contribution < 1.29 is 24.2 Å². The van der Waals surface area contributed by atoms with Gasteiger partial charge in [-0.15, -0.1) is 0 Å². The predicted octanol–water partition coefficient (Wildman–Crippen LogP) is 4.15. The quantitative estimate of drug-likeness (QED) is 0.355. The SMILES string of the molecule is Cc1ccc(Cl)c(OCC2(O)CCCN(Cc3ccc(OCCCN4C(=O)NC(C)(C)C4=O)cc3)C2)c1. The van der Waals surface area contributed by atoms with Gasteiger partial charge in [0.05, 0.1) is 11.6 Å². The van der Waals surface area contributed by atoms with Crippen LogP contribution >= 0.6 is 11.6 Å². The lowest BCUT2D eigenvalue weighted by Crippen LogP contribution is -2.51. The van der Waals surface area contributed by atoms with E-state index in [0.29, 0.717) is 43.3 Å². The van der Waals surface area contributed by atoms with Crippen LogP contribution in [0.3, 0.4) is 0 Å². The van der Waals surface area contributed by atoms with E-state index in [0.717, 1.165) is 36.4 Å². The first kappa shape index (κ1) is 27.2. The Balaban J connectivity index is 1.22. The second kappa shape index (κ2) is 11.3. The van der Waals surface area contributed by atoms with Gasteiger partial charge in [0.2, 0.25) is 0 Å². The van der Waals surface area contributed by atoms with Crippen molar-refractivity contribution in [2.24, 2.45) is 0 Å². The van der Waals surface area contributed by atoms with E-state index in [-0.39, 0.29) is 18.5 Å². The number of carbonyl (C=O) groups excluding carboxylic acids is 2. The van der Waals surface area contributed by atoms with Crippen LogP contribution in [-0.4, -0.2) is 70.8 Å². The molecule has 2 heterocycles. The zero-order chi connectivity index (χ0) is 26.6. The van der Waals surface area contributed by atoms with Gasteiger partial charge in [0.1, 0.15) is 29.2 Å². The number of halogens is 1. The highest BCUT2D eigenvalue weighted by Gasteiger charge is 2.43. The Morgan fingerprint density at radius 2 is 1.86 bits per heavy atom. The van der Waals surface area contributed by atoms with Crippen molar-refractivity contribution in [3.05, 3.63) is 58.6 Å². The lowest BCUT2D eigenvalue weighted by Gasteiger charge is -2.39. The number of nitrogens with one attached hydrogen (secondary N) is 1. The molecule has 1 atom stereocenters. The van der Waals surface area contributed by atoms with Crippen molar-refractivity contribution in [2.45, 2.75) is 57.7 Å². The topological polar surface area (TPSA) is 91.3 Å². The number of ether oxygens (including phenoxy) is 2. The number of urea groups is 1. The molecule has 37 heavy (non-hydrogen) atoms. The molecule has 4 rings (SSSR count). The fourth-order valence-corrected chi connectivity index (χ4v) is 4.95. The summed E-state index contributed by atoms with van der Waals surface area (Å²) in [6.45, 7) is 8.45. The van der Waals surface area contributed by atoms with Gasteiger partial charge in [0, 0.05) is 19.6 Å². The molecule has 0 aromatic heterocycles. The predicted molar refractivity (Wildman–Crippen MR) is 142 cm³/mol. The number of hydrogen-bond acceptors (Lipinski definition) is 6. The molecule has 2 N–H and O–H groups in total. The standard InChI is InChI=1S/C28H36ClN3O5/c1-20-6-11-23(29)24(16-20)37-19-28(35)12-4-13-31(18-28)17-21-7-9-22(10-8-21)36-15-5-14-32-25(33)27(2,3)30-26(32)34/h6-11,16,35H,4-5,12-15,17-19H2,1-3H3,(H,30,34). The number of imide groups is 1. The monoisotopic (exact) mass is 529 g/mol. The molecule has 2 aliphatic rings. The van der Waals surface area contributed by atoms with Crippen LogP contribution in [0, 0.1) is 6.92 Å². The molecule has 2 fully saturated rings. The van der Waals surface area contributed by atoms with Gasteiger partial charge < -0.3 is 19.9 Å². The van der Waals surface area contributed by atoms with Gasteiger partial charge in [0.15, 0.2) is 0 Å². The van der Waals surface area contributed by atoms with E-state index in [1.807, 2.05) is 49.4 Å². The highest BCUT2D eigenvalue weighted by atomic mass is 35.5. The molecule has 200 valence electrons. The van der Waals surface area contributed by atoms with Crippen LogP contribution < -0.4 is 14.8 Å². The summed E-state index contributed by atoms with van der Waals surface area (Å²) in [4.78, 5) is 27.7. The van der Waals surface area contributed by atoms with E-state index in [2.05, 4.69) is 10.2 Å². The van der Waals surface area contributed by atoms with E-state index in [1.165, 1.54) is 4.90 Å². The Bertz CT molecular complexity index is 1120. The molecule has 0 saturated carbocycles. The molecule has 0 radical (unpaired) electrons. The number of carbonyl (C=O) groups is 2. The number of aliphatic hydroxyl groups is 1. The van der Waals surface area contributed by atoms with Crippen LogP contribution in [0.25, 0.3) is 0 Å². The number of likely N-dealkylation sites (tertiary alicyclic amines) is 1. The summed E-state index contributed by atoms with van der Waals surface area (Å²) in [6.07, 6.45) is 2.12. The number of benzene rings is 2. The largest absolute Gasteiger partial charge is 0.494 e. The number of piperidine rings is 1. The van der Waals surface area contributed by atoms with E-state index in [9.17, 15) is 14.7 Å². The first-order valence-electron chi connectivity index (χ1n) is 12.7.